The van der Waals surface area contributed by atoms with Crippen LogP contribution in [0.3, 0.4) is 0 Å². The van der Waals surface area contributed by atoms with Crippen molar-refractivity contribution < 1.29 is 44.2 Å². The quantitative estimate of drug-likeness (QED) is 0.111. The summed E-state index contributed by atoms with van der Waals surface area (Å²) in [5, 5.41) is 42.1. The first-order valence-electron chi connectivity index (χ1n) is 17.8. The van der Waals surface area contributed by atoms with E-state index < -0.39 is 24.3 Å². The first-order chi connectivity index (χ1) is 24.3. The van der Waals surface area contributed by atoms with Crippen molar-refractivity contribution in [3.05, 3.63) is 71.5 Å². The highest BCUT2D eigenvalue weighted by Gasteiger charge is 2.40. The predicted octanol–water partition coefficient (Wildman–Crippen LogP) is 6.17. The first kappa shape index (κ1) is 35.4. The molecule has 0 amide bonds. The number of carbonyl (C=O) groups excluding carboxylic acids is 1. The third kappa shape index (κ3) is 8.82. The van der Waals surface area contributed by atoms with Gasteiger partial charge in [-0.05, 0) is 85.5 Å². The Kier molecular flexibility index (Phi) is 11.7. The molecule has 1 aliphatic carbocycles. The zero-order valence-corrected chi connectivity index (χ0v) is 28.5. The van der Waals surface area contributed by atoms with Gasteiger partial charge in [-0.25, -0.2) is 0 Å². The third-order valence-corrected chi connectivity index (χ3v) is 10.1. The lowest BCUT2D eigenvalue weighted by Gasteiger charge is -2.41. The molecule has 1 saturated carbocycles. The summed E-state index contributed by atoms with van der Waals surface area (Å²) in [5.41, 5.74) is 2.51. The molecular formula is C40H47NO9. The highest BCUT2D eigenvalue weighted by Crippen LogP contribution is 2.45. The molecule has 2 aromatic carbocycles. The van der Waals surface area contributed by atoms with Crippen LogP contribution in [0.4, 0.5) is 0 Å². The van der Waals surface area contributed by atoms with Crippen LogP contribution in [0.15, 0.2) is 54.9 Å². The average Bonchev–Trinajstić information content (AvgIpc) is 3.13. The summed E-state index contributed by atoms with van der Waals surface area (Å²) in [6.45, 7) is 1.67. The highest BCUT2D eigenvalue weighted by molar-refractivity contribution is 5.66. The molecule has 0 spiro atoms. The maximum Gasteiger partial charge on any atom is 0.302 e. The number of ether oxygens (including phenoxy) is 4. The van der Waals surface area contributed by atoms with E-state index in [0.717, 1.165) is 36.8 Å². The average molecular weight is 686 g/mol. The number of aromatic nitrogens is 1. The van der Waals surface area contributed by atoms with Crippen LogP contribution in [0.1, 0.15) is 81.1 Å². The molecule has 3 aliphatic rings. The fourth-order valence-electron chi connectivity index (χ4n) is 7.54. The van der Waals surface area contributed by atoms with Gasteiger partial charge in [-0.2, -0.15) is 0 Å². The molecule has 0 unspecified atom stereocenters. The van der Waals surface area contributed by atoms with Crippen LogP contribution < -0.4 is 9.47 Å². The first-order valence-corrected chi connectivity index (χ1v) is 17.8. The number of hydrogen-bond acceptors (Lipinski definition) is 10. The summed E-state index contributed by atoms with van der Waals surface area (Å²) in [6, 6.07) is 12.4. The molecule has 1 saturated heterocycles. The molecule has 3 aromatic rings. The molecule has 266 valence electrons. The fraction of sp³-hybridized carbons (Fsp3) is 0.500. The van der Waals surface area contributed by atoms with Crippen molar-refractivity contribution >= 4 is 5.97 Å². The number of aliphatic hydroxyl groups is 1. The van der Waals surface area contributed by atoms with Crippen molar-refractivity contribution in [3.8, 4) is 40.6 Å². The van der Waals surface area contributed by atoms with E-state index in [9.17, 15) is 25.2 Å². The minimum atomic E-state index is -0.601. The van der Waals surface area contributed by atoms with Crippen LogP contribution in [0.5, 0.6) is 28.7 Å². The maximum atomic E-state index is 12.3. The number of carbonyl (C=O) groups is 1. The highest BCUT2D eigenvalue weighted by atomic mass is 16.6. The lowest BCUT2D eigenvalue weighted by Crippen LogP contribution is -2.41. The molecule has 2 fully saturated rings. The van der Waals surface area contributed by atoms with Gasteiger partial charge in [0.1, 0.15) is 12.2 Å². The van der Waals surface area contributed by atoms with Gasteiger partial charge in [-0.3, -0.25) is 9.78 Å². The number of phenolic OH excluding ortho intramolecular Hbond substituents is 3. The Hall–Kier alpha value is -4.46. The molecule has 3 heterocycles. The van der Waals surface area contributed by atoms with Gasteiger partial charge in [0, 0.05) is 57.0 Å². The molecule has 2 bridgehead atoms. The SMILES string of the molecule is CC(=O)O[C@H]1C[C@@H](c2cc(O)c(O)c(OCCc3cccnc3)c2)O[C@@H]([C@@H]2Cc3ccc(O)c(c3)O[C@H]3CCCC[C@@H]3C#C[C@@H]2CCCO)C1. The van der Waals surface area contributed by atoms with Gasteiger partial charge in [-0.1, -0.05) is 30.4 Å². The van der Waals surface area contributed by atoms with Gasteiger partial charge in [0.15, 0.2) is 23.0 Å². The van der Waals surface area contributed by atoms with Crippen molar-refractivity contribution in [1.29, 1.82) is 0 Å². The number of aromatic hydroxyl groups is 3. The summed E-state index contributed by atoms with van der Waals surface area (Å²) < 4.78 is 25.1. The molecule has 2 aliphatic heterocycles. The Balaban J connectivity index is 1.33. The molecule has 10 nitrogen and oxygen atoms in total. The van der Waals surface area contributed by atoms with Crippen molar-refractivity contribution in [2.45, 2.75) is 95.5 Å². The standard InChI is InChI=1S/C40H47NO9/c1-25(43)48-31-22-36(30-20-34(45)40(46)39(21-30)47-17-14-26-6-4-15-41-24-26)50-37(23-31)32-18-27-10-13-33(44)38(19-27)49-35-9-3-2-7-29(35)12-11-28(32)8-5-16-42/h4,6,10,13,15,19-21,24,28-29,31-32,35-37,42,44-46H,2-3,5,7-9,14,16-18,22-23H2,1H3/t28-,29+,31-,32+,35-,36-,37+/m0/s1. The summed E-state index contributed by atoms with van der Waals surface area (Å²) in [5.74, 6) is 6.41. The second-order valence-electron chi connectivity index (χ2n) is 13.7. The fourth-order valence-corrected chi connectivity index (χ4v) is 7.54. The number of nitrogens with zero attached hydrogens (tertiary/aromatic N) is 1. The Labute approximate surface area is 293 Å². The van der Waals surface area contributed by atoms with Gasteiger partial charge >= 0.3 is 5.97 Å². The number of pyridine rings is 1. The lowest BCUT2D eigenvalue weighted by molar-refractivity contribution is -0.166. The van der Waals surface area contributed by atoms with E-state index in [1.165, 1.54) is 13.0 Å². The van der Waals surface area contributed by atoms with E-state index in [1.54, 1.807) is 24.5 Å². The number of esters is 1. The van der Waals surface area contributed by atoms with Crippen LogP contribution >= 0.6 is 0 Å². The Morgan fingerprint density at radius 2 is 1.88 bits per heavy atom. The summed E-state index contributed by atoms with van der Waals surface area (Å²) in [7, 11) is 0. The van der Waals surface area contributed by atoms with Crippen molar-refractivity contribution in [1.82, 2.24) is 4.98 Å². The summed E-state index contributed by atoms with van der Waals surface area (Å²) in [4.78, 5) is 16.4. The van der Waals surface area contributed by atoms with Gasteiger partial charge in [0.2, 0.25) is 5.75 Å². The van der Waals surface area contributed by atoms with E-state index >= 15 is 0 Å². The molecular weight excluding hydrogens is 638 g/mol. The predicted molar refractivity (Wildman–Crippen MR) is 185 cm³/mol. The van der Waals surface area contributed by atoms with E-state index in [0.29, 0.717) is 49.8 Å². The molecule has 1 aromatic heterocycles. The minimum Gasteiger partial charge on any atom is -0.504 e. The van der Waals surface area contributed by atoms with Gasteiger partial charge in [-0.15, -0.1) is 0 Å². The van der Waals surface area contributed by atoms with Crippen LogP contribution in [0.25, 0.3) is 0 Å². The van der Waals surface area contributed by atoms with Crippen molar-refractivity contribution in [2.75, 3.05) is 13.2 Å². The van der Waals surface area contributed by atoms with Gasteiger partial charge in [0.25, 0.3) is 0 Å². The summed E-state index contributed by atoms with van der Waals surface area (Å²) >= 11 is 0. The Morgan fingerprint density at radius 1 is 1.02 bits per heavy atom. The minimum absolute atomic E-state index is 0.00699. The Morgan fingerprint density at radius 3 is 2.68 bits per heavy atom. The number of aliphatic hydroxyl groups excluding tert-OH is 1. The van der Waals surface area contributed by atoms with Crippen molar-refractivity contribution in [2.24, 2.45) is 17.8 Å². The monoisotopic (exact) mass is 685 g/mol. The molecule has 6 rings (SSSR count). The molecule has 10 heteroatoms. The van der Waals surface area contributed by atoms with Crippen LogP contribution in [-0.2, 0) is 27.1 Å². The maximum absolute atomic E-state index is 12.3. The number of benzene rings is 2. The molecule has 50 heavy (non-hydrogen) atoms. The van der Waals surface area contributed by atoms with Crippen LogP contribution in [-0.4, -0.2) is 62.9 Å². The number of rotatable bonds is 10. The van der Waals surface area contributed by atoms with Gasteiger partial charge in [0.05, 0.1) is 24.7 Å². The van der Waals surface area contributed by atoms with Gasteiger partial charge < -0.3 is 39.4 Å². The number of hydrogen-bond donors (Lipinski definition) is 4. The topological polar surface area (TPSA) is 148 Å². The normalized spacial score (nSPS) is 26.2. The lowest BCUT2D eigenvalue weighted by atomic mass is 9.76. The van der Waals surface area contributed by atoms with Crippen LogP contribution in [0.2, 0.25) is 0 Å². The largest absolute Gasteiger partial charge is 0.504 e. The second kappa shape index (κ2) is 16.5. The molecule has 4 N–H and O–H groups in total. The van der Waals surface area contributed by atoms with Crippen LogP contribution in [0, 0.1) is 29.6 Å². The summed E-state index contributed by atoms with van der Waals surface area (Å²) in [6.07, 6.45) is 8.77. The molecule has 7 atom stereocenters. The second-order valence-corrected chi connectivity index (χ2v) is 13.7. The van der Waals surface area contributed by atoms with E-state index in [-0.39, 0.29) is 60.1 Å². The molecule has 0 radical (unpaired) electrons. The smallest absolute Gasteiger partial charge is 0.302 e. The zero-order valence-electron chi connectivity index (χ0n) is 28.5. The van der Waals surface area contributed by atoms with E-state index in [1.807, 2.05) is 24.3 Å². The van der Waals surface area contributed by atoms with Crippen molar-refractivity contribution in [3.63, 3.8) is 0 Å². The zero-order chi connectivity index (χ0) is 35.0. The number of fused-ring (bicyclic) bond motifs is 3. The number of phenols is 3. The van der Waals surface area contributed by atoms with E-state index in [4.69, 9.17) is 18.9 Å². The van der Waals surface area contributed by atoms with E-state index in [2.05, 4.69) is 16.8 Å². The Bertz CT molecular complexity index is 1670. The third-order valence-electron chi connectivity index (χ3n) is 10.1.